The normalized spacial score (nSPS) is 19.6. The van der Waals surface area contributed by atoms with Crippen molar-refractivity contribution in [3.05, 3.63) is 28.2 Å². The summed E-state index contributed by atoms with van der Waals surface area (Å²) in [7, 11) is 1.76. The molecule has 0 N–H and O–H groups in total. The highest BCUT2D eigenvalue weighted by molar-refractivity contribution is 9.10. The van der Waals surface area contributed by atoms with Gasteiger partial charge in [0.05, 0.1) is 23.9 Å². The Hall–Kier alpha value is -1.05. The number of methoxy groups -OCH3 is 1. The summed E-state index contributed by atoms with van der Waals surface area (Å²) >= 11 is 3.56. The van der Waals surface area contributed by atoms with Crippen LogP contribution in [0.3, 0.4) is 0 Å². The van der Waals surface area contributed by atoms with E-state index in [1.165, 1.54) is 18.5 Å². The van der Waals surface area contributed by atoms with Gasteiger partial charge in [-0.15, -0.1) is 0 Å². The molecule has 1 fully saturated rings. The van der Waals surface area contributed by atoms with Crippen molar-refractivity contribution in [2.24, 2.45) is 5.92 Å². The minimum atomic E-state index is 0.603. The van der Waals surface area contributed by atoms with Gasteiger partial charge in [0.25, 0.3) is 0 Å². The molecule has 0 aliphatic carbocycles. The molecule has 1 unspecified atom stereocenters. The van der Waals surface area contributed by atoms with E-state index >= 15 is 0 Å². The standard InChI is InChI=1S/C14H17BrN2O/c1-18-10-12-3-2-6-17(9-12)14-5-4-11(8-16)7-13(14)15/h4-5,7,12H,2-3,6,9-10H2,1H3. The van der Waals surface area contributed by atoms with Gasteiger partial charge >= 0.3 is 0 Å². The maximum atomic E-state index is 8.87. The second-order valence-electron chi connectivity index (χ2n) is 4.69. The molecule has 18 heavy (non-hydrogen) atoms. The summed E-state index contributed by atoms with van der Waals surface area (Å²) in [4.78, 5) is 2.37. The van der Waals surface area contributed by atoms with Crippen LogP contribution < -0.4 is 4.90 Å². The van der Waals surface area contributed by atoms with E-state index in [1.54, 1.807) is 7.11 Å². The van der Waals surface area contributed by atoms with Gasteiger partial charge in [-0.25, -0.2) is 0 Å². The Labute approximate surface area is 116 Å². The largest absolute Gasteiger partial charge is 0.384 e. The third kappa shape index (κ3) is 3.04. The number of anilines is 1. The first-order chi connectivity index (χ1) is 8.74. The molecule has 0 aromatic heterocycles. The molecular formula is C14H17BrN2O. The first-order valence-electron chi connectivity index (χ1n) is 6.18. The molecule has 1 heterocycles. The molecule has 4 heteroatoms. The second kappa shape index (κ2) is 6.21. The third-order valence-corrected chi connectivity index (χ3v) is 3.97. The maximum Gasteiger partial charge on any atom is 0.0992 e. The molecule has 1 aliphatic rings. The summed E-state index contributed by atoms with van der Waals surface area (Å²) in [5, 5.41) is 8.87. The van der Waals surface area contributed by atoms with Crippen LogP contribution >= 0.6 is 15.9 Å². The predicted molar refractivity (Wildman–Crippen MR) is 75.7 cm³/mol. The Balaban J connectivity index is 2.13. The first kappa shape index (κ1) is 13.4. The van der Waals surface area contributed by atoms with E-state index in [-0.39, 0.29) is 0 Å². The van der Waals surface area contributed by atoms with Gasteiger partial charge in [-0.1, -0.05) is 0 Å². The molecule has 1 aromatic rings. The number of halogens is 1. The van der Waals surface area contributed by atoms with Gasteiger partial charge < -0.3 is 9.64 Å². The molecule has 0 radical (unpaired) electrons. The van der Waals surface area contributed by atoms with Gasteiger partial charge in [-0.3, -0.25) is 0 Å². The molecule has 2 rings (SSSR count). The molecule has 0 saturated carbocycles. The van der Waals surface area contributed by atoms with E-state index < -0.39 is 0 Å². The molecule has 1 atom stereocenters. The summed E-state index contributed by atoms with van der Waals surface area (Å²) in [6.07, 6.45) is 2.43. The molecule has 0 amide bonds. The topological polar surface area (TPSA) is 36.3 Å². The van der Waals surface area contributed by atoms with E-state index in [9.17, 15) is 0 Å². The van der Waals surface area contributed by atoms with Crippen molar-refractivity contribution in [3.8, 4) is 6.07 Å². The first-order valence-corrected chi connectivity index (χ1v) is 6.97. The molecule has 1 aliphatic heterocycles. The van der Waals surface area contributed by atoms with Crippen LogP contribution in [0.15, 0.2) is 22.7 Å². The van der Waals surface area contributed by atoms with Crippen LogP contribution in [0.2, 0.25) is 0 Å². The molecule has 0 bridgehead atoms. The highest BCUT2D eigenvalue weighted by Gasteiger charge is 2.21. The minimum absolute atomic E-state index is 0.603. The van der Waals surface area contributed by atoms with Crippen LogP contribution in [-0.2, 0) is 4.74 Å². The van der Waals surface area contributed by atoms with Gasteiger partial charge in [0.1, 0.15) is 0 Å². The molecule has 3 nitrogen and oxygen atoms in total. The Bertz CT molecular complexity index is 454. The highest BCUT2D eigenvalue weighted by atomic mass is 79.9. The third-order valence-electron chi connectivity index (χ3n) is 3.34. The number of nitrogens with zero attached hydrogens (tertiary/aromatic N) is 2. The lowest BCUT2D eigenvalue weighted by molar-refractivity contribution is 0.143. The number of nitriles is 1. The number of rotatable bonds is 3. The SMILES string of the molecule is COCC1CCCN(c2ccc(C#N)cc2Br)C1. The van der Waals surface area contributed by atoms with Crippen molar-refractivity contribution >= 4 is 21.6 Å². The maximum absolute atomic E-state index is 8.87. The molecule has 0 spiro atoms. The van der Waals surface area contributed by atoms with Crippen LogP contribution in [0.1, 0.15) is 18.4 Å². The van der Waals surface area contributed by atoms with E-state index in [0.717, 1.165) is 24.2 Å². The van der Waals surface area contributed by atoms with Crippen LogP contribution in [0.25, 0.3) is 0 Å². The summed E-state index contributed by atoms with van der Waals surface area (Å²) in [5.41, 5.74) is 1.87. The fraction of sp³-hybridized carbons (Fsp3) is 0.500. The summed E-state index contributed by atoms with van der Waals surface area (Å²) in [5.74, 6) is 0.603. The Morgan fingerprint density at radius 3 is 3.06 bits per heavy atom. The molecule has 96 valence electrons. The van der Waals surface area contributed by atoms with Gasteiger partial charge in [0.15, 0.2) is 0 Å². The van der Waals surface area contributed by atoms with Crippen molar-refractivity contribution in [2.45, 2.75) is 12.8 Å². The van der Waals surface area contributed by atoms with Crippen LogP contribution in [0, 0.1) is 17.2 Å². The van der Waals surface area contributed by atoms with Crippen LogP contribution in [0.4, 0.5) is 5.69 Å². The number of hydrogen-bond acceptors (Lipinski definition) is 3. The summed E-state index contributed by atoms with van der Waals surface area (Å²) in [6.45, 7) is 2.92. The van der Waals surface area contributed by atoms with Crippen molar-refractivity contribution in [2.75, 3.05) is 31.7 Å². The molecule has 1 saturated heterocycles. The van der Waals surface area contributed by atoms with E-state index in [2.05, 4.69) is 26.9 Å². The quantitative estimate of drug-likeness (QED) is 0.860. The van der Waals surface area contributed by atoms with Crippen LogP contribution in [-0.4, -0.2) is 26.8 Å². The fourth-order valence-corrected chi connectivity index (χ4v) is 3.12. The zero-order valence-corrected chi connectivity index (χ0v) is 12.1. The lowest BCUT2D eigenvalue weighted by atomic mass is 9.98. The minimum Gasteiger partial charge on any atom is -0.384 e. The van der Waals surface area contributed by atoms with E-state index in [0.29, 0.717) is 11.5 Å². The smallest absolute Gasteiger partial charge is 0.0992 e. The Kier molecular flexibility index (Phi) is 4.62. The zero-order valence-electron chi connectivity index (χ0n) is 10.5. The lowest BCUT2D eigenvalue weighted by Gasteiger charge is -2.34. The molecule has 1 aromatic carbocycles. The highest BCUT2D eigenvalue weighted by Crippen LogP contribution is 2.30. The number of hydrogen-bond donors (Lipinski definition) is 0. The lowest BCUT2D eigenvalue weighted by Crippen LogP contribution is -2.37. The Morgan fingerprint density at radius 2 is 2.39 bits per heavy atom. The summed E-state index contributed by atoms with van der Waals surface area (Å²) < 4.78 is 6.25. The monoisotopic (exact) mass is 308 g/mol. The van der Waals surface area contributed by atoms with Gasteiger partial charge in [0.2, 0.25) is 0 Å². The van der Waals surface area contributed by atoms with Crippen LogP contribution in [0.5, 0.6) is 0 Å². The van der Waals surface area contributed by atoms with E-state index in [1.807, 2.05) is 18.2 Å². The summed E-state index contributed by atoms with van der Waals surface area (Å²) in [6, 6.07) is 7.94. The van der Waals surface area contributed by atoms with Crippen molar-refractivity contribution in [3.63, 3.8) is 0 Å². The van der Waals surface area contributed by atoms with Gasteiger partial charge in [-0.05, 0) is 52.9 Å². The number of benzene rings is 1. The number of ether oxygens (including phenoxy) is 1. The average molecular weight is 309 g/mol. The predicted octanol–water partition coefficient (Wildman–Crippen LogP) is 3.18. The van der Waals surface area contributed by atoms with Crippen molar-refractivity contribution < 1.29 is 4.74 Å². The fourth-order valence-electron chi connectivity index (χ4n) is 2.49. The zero-order chi connectivity index (χ0) is 13.0. The van der Waals surface area contributed by atoms with Gasteiger partial charge in [0, 0.05) is 24.7 Å². The van der Waals surface area contributed by atoms with Crippen molar-refractivity contribution in [1.29, 1.82) is 5.26 Å². The molecular weight excluding hydrogens is 292 g/mol. The van der Waals surface area contributed by atoms with E-state index in [4.69, 9.17) is 10.00 Å². The average Bonchev–Trinajstić information content (AvgIpc) is 2.39. The number of piperidine rings is 1. The second-order valence-corrected chi connectivity index (χ2v) is 5.54. The van der Waals surface area contributed by atoms with Crippen molar-refractivity contribution in [1.82, 2.24) is 0 Å². The Morgan fingerprint density at radius 1 is 1.56 bits per heavy atom. The van der Waals surface area contributed by atoms with Gasteiger partial charge in [-0.2, -0.15) is 5.26 Å².